The van der Waals surface area contributed by atoms with E-state index in [1.54, 1.807) is 11.8 Å². The van der Waals surface area contributed by atoms with Crippen molar-refractivity contribution in [2.24, 2.45) is 0 Å². The van der Waals surface area contributed by atoms with Crippen molar-refractivity contribution in [1.82, 2.24) is 5.16 Å². The number of nitrogens with zero attached hydrogens (tertiary/aromatic N) is 1. The Morgan fingerprint density at radius 3 is 3.00 bits per heavy atom. The highest BCUT2D eigenvalue weighted by Gasteiger charge is 2.18. The maximum atomic E-state index is 5.21. The summed E-state index contributed by atoms with van der Waals surface area (Å²) in [5, 5.41) is 5.10. The number of rotatable bonds is 1. The van der Waals surface area contributed by atoms with Gasteiger partial charge in [0, 0.05) is 12.0 Å². The first-order chi connectivity index (χ1) is 5.42. The minimum Gasteiger partial charge on any atom is -0.360 e. The van der Waals surface area contributed by atoms with Gasteiger partial charge in [-0.05, 0) is 25.5 Å². The Morgan fingerprint density at radius 2 is 2.18 bits per heavy atom. The highest BCUT2D eigenvalue weighted by molar-refractivity contribution is 7.98. The van der Waals surface area contributed by atoms with E-state index in [0.29, 0.717) is 0 Å². The van der Waals surface area contributed by atoms with Crippen LogP contribution in [0.2, 0.25) is 0 Å². The fourth-order valence-corrected chi connectivity index (χ4v) is 2.09. The van der Waals surface area contributed by atoms with Crippen molar-refractivity contribution in [1.29, 1.82) is 0 Å². The van der Waals surface area contributed by atoms with E-state index in [1.807, 2.05) is 6.26 Å². The van der Waals surface area contributed by atoms with Crippen LogP contribution in [0, 0.1) is 0 Å². The van der Waals surface area contributed by atoms with Gasteiger partial charge in [-0.1, -0.05) is 5.16 Å². The van der Waals surface area contributed by atoms with Crippen molar-refractivity contribution in [3.63, 3.8) is 0 Å². The molecule has 0 atom stereocenters. The van der Waals surface area contributed by atoms with Crippen LogP contribution in [-0.4, -0.2) is 11.4 Å². The van der Waals surface area contributed by atoms with Gasteiger partial charge in [-0.2, -0.15) is 0 Å². The molecule has 0 saturated carbocycles. The first-order valence-electron chi connectivity index (χ1n) is 3.93. The molecule has 60 valence electrons. The highest BCUT2D eigenvalue weighted by Crippen LogP contribution is 2.28. The van der Waals surface area contributed by atoms with Crippen LogP contribution in [0.1, 0.15) is 24.2 Å². The average Bonchev–Trinajstić information content (AvgIpc) is 2.47. The second-order valence-electron chi connectivity index (χ2n) is 2.80. The summed E-state index contributed by atoms with van der Waals surface area (Å²) in [5.41, 5.74) is 1.36. The van der Waals surface area contributed by atoms with E-state index in [2.05, 4.69) is 5.16 Å². The van der Waals surface area contributed by atoms with Crippen molar-refractivity contribution < 1.29 is 4.52 Å². The van der Waals surface area contributed by atoms with Gasteiger partial charge >= 0.3 is 0 Å². The van der Waals surface area contributed by atoms with Gasteiger partial charge in [0.25, 0.3) is 0 Å². The van der Waals surface area contributed by atoms with E-state index in [1.165, 1.54) is 18.4 Å². The van der Waals surface area contributed by atoms with Crippen molar-refractivity contribution in [3.05, 3.63) is 11.3 Å². The summed E-state index contributed by atoms with van der Waals surface area (Å²) in [4.78, 5) is 0. The predicted molar refractivity (Wildman–Crippen MR) is 44.9 cm³/mol. The average molecular weight is 169 g/mol. The van der Waals surface area contributed by atoms with Crippen LogP contribution in [0.15, 0.2) is 9.55 Å². The number of hydrogen-bond acceptors (Lipinski definition) is 3. The van der Waals surface area contributed by atoms with Crippen molar-refractivity contribution in [3.8, 4) is 0 Å². The molecular formula is C8H11NOS. The molecule has 11 heavy (non-hydrogen) atoms. The van der Waals surface area contributed by atoms with Crippen LogP contribution in [0.5, 0.6) is 0 Å². The zero-order chi connectivity index (χ0) is 7.68. The van der Waals surface area contributed by atoms with Crippen LogP contribution < -0.4 is 0 Å². The lowest BCUT2D eigenvalue weighted by atomic mass is 9.99. The van der Waals surface area contributed by atoms with Gasteiger partial charge in [-0.25, -0.2) is 0 Å². The van der Waals surface area contributed by atoms with E-state index in [9.17, 15) is 0 Å². The molecule has 0 N–H and O–H groups in total. The van der Waals surface area contributed by atoms with Gasteiger partial charge in [0.1, 0.15) is 10.8 Å². The third-order valence-electron chi connectivity index (χ3n) is 2.11. The van der Waals surface area contributed by atoms with Gasteiger partial charge in [0.2, 0.25) is 0 Å². The molecule has 0 spiro atoms. The Kier molecular flexibility index (Phi) is 1.90. The number of aryl methyl sites for hydroxylation is 1. The molecular weight excluding hydrogens is 158 g/mol. The number of hydrogen-bond donors (Lipinski definition) is 0. The zero-order valence-electron chi connectivity index (χ0n) is 6.59. The fraction of sp³-hybridized carbons (Fsp3) is 0.625. The zero-order valence-corrected chi connectivity index (χ0v) is 7.41. The summed E-state index contributed by atoms with van der Waals surface area (Å²) in [6.07, 6.45) is 6.85. The fourth-order valence-electron chi connectivity index (χ4n) is 1.52. The molecule has 1 aliphatic rings. The smallest absolute Gasteiger partial charge is 0.142 e. The Morgan fingerprint density at radius 1 is 1.36 bits per heavy atom. The summed E-state index contributed by atoms with van der Waals surface area (Å²) in [5.74, 6) is 1.13. The molecule has 1 aromatic rings. The minimum absolute atomic E-state index is 1.09. The molecule has 0 saturated heterocycles. The van der Waals surface area contributed by atoms with Crippen LogP contribution in [0.4, 0.5) is 0 Å². The minimum atomic E-state index is 1.09. The normalized spacial score (nSPS) is 16.5. The van der Waals surface area contributed by atoms with Crippen molar-refractivity contribution in [2.75, 3.05) is 6.26 Å². The van der Waals surface area contributed by atoms with Gasteiger partial charge < -0.3 is 4.52 Å². The summed E-state index contributed by atoms with van der Waals surface area (Å²) in [6, 6.07) is 0. The molecule has 1 heterocycles. The SMILES string of the molecule is CSc1noc2c1CCCC2. The summed E-state index contributed by atoms with van der Waals surface area (Å²) in [6.45, 7) is 0. The molecule has 0 amide bonds. The summed E-state index contributed by atoms with van der Waals surface area (Å²) >= 11 is 1.69. The predicted octanol–water partition coefficient (Wildman–Crippen LogP) is 2.28. The maximum Gasteiger partial charge on any atom is 0.142 e. The number of fused-ring (bicyclic) bond motifs is 1. The molecule has 1 aromatic heterocycles. The monoisotopic (exact) mass is 169 g/mol. The largest absolute Gasteiger partial charge is 0.360 e. The number of aromatic nitrogens is 1. The van der Waals surface area contributed by atoms with Gasteiger partial charge in [-0.15, -0.1) is 11.8 Å². The lowest BCUT2D eigenvalue weighted by molar-refractivity contribution is 0.363. The highest BCUT2D eigenvalue weighted by atomic mass is 32.2. The molecule has 3 heteroatoms. The van der Waals surface area contributed by atoms with Gasteiger partial charge in [-0.3, -0.25) is 0 Å². The third-order valence-corrected chi connectivity index (χ3v) is 2.82. The quantitative estimate of drug-likeness (QED) is 0.603. The molecule has 0 fully saturated rings. The molecule has 2 nitrogen and oxygen atoms in total. The van der Waals surface area contributed by atoms with Crippen molar-refractivity contribution in [2.45, 2.75) is 30.7 Å². The van der Waals surface area contributed by atoms with E-state index in [4.69, 9.17) is 4.52 Å². The standard InChI is InChI=1S/C8H11NOS/c1-11-8-6-4-2-3-5-7(6)10-9-8/h2-5H2,1H3. The topological polar surface area (TPSA) is 26.0 Å². The van der Waals surface area contributed by atoms with E-state index in [0.717, 1.165) is 23.6 Å². The molecule has 0 aliphatic heterocycles. The number of thioether (sulfide) groups is 1. The van der Waals surface area contributed by atoms with Gasteiger partial charge in [0.15, 0.2) is 0 Å². The lowest BCUT2D eigenvalue weighted by Gasteiger charge is -2.07. The Labute approximate surface area is 70.3 Å². The molecule has 0 unspecified atom stereocenters. The molecule has 1 aliphatic carbocycles. The van der Waals surface area contributed by atoms with E-state index < -0.39 is 0 Å². The van der Waals surface area contributed by atoms with E-state index in [-0.39, 0.29) is 0 Å². The Bertz CT molecular complexity index is 243. The second-order valence-corrected chi connectivity index (χ2v) is 3.60. The first kappa shape index (κ1) is 7.22. The first-order valence-corrected chi connectivity index (χ1v) is 5.15. The molecule has 2 rings (SSSR count). The van der Waals surface area contributed by atoms with Crippen LogP contribution in [0.25, 0.3) is 0 Å². The third kappa shape index (κ3) is 1.18. The molecule has 0 radical (unpaired) electrons. The second kappa shape index (κ2) is 2.89. The van der Waals surface area contributed by atoms with Crippen molar-refractivity contribution >= 4 is 11.8 Å². The molecule has 0 bridgehead atoms. The molecule has 0 aromatic carbocycles. The maximum absolute atomic E-state index is 5.21. The summed E-state index contributed by atoms with van der Waals surface area (Å²) in [7, 11) is 0. The van der Waals surface area contributed by atoms with Crippen LogP contribution in [0.3, 0.4) is 0 Å². The van der Waals surface area contributed by atoms with Crippen LogP contribution >= 0.6 is 11.8 Å². The lowest BCUT2D eigenvalue weighted by Crippen LogP contribution is -1.99. The Balaban J connectivity index is 2.38. The Hall–Kier alpha value is -0.440. The van der Waals surface area contributed by atoms with Gasteiger partial charge in [0.05, 0.1) is 0 Å². The summed E-state index contributed by atoms with van der Waals surface area (Å²) < 4.78 is 5.21. The van der Waals surface area contributed by atoms with E-state index >= 15 is 0 Å². The van der Waals surface area contributed by atoms with Crippen LogP contribution in [-0.2, 0) is 12.8 Å².